The third-order valence-electron chi connectivity index (χ3n) is 6.80. The molecule has 0 spiro atoms. The fourth-order valence-corrected chi connectivity index (χ4v) is 5.97. The quantitative estimate of drug-likeness (QED) is 0.384. The van der Waals surface area contributed by atoms with Gasteiger partial charge >= 0.3 is 6.18 Å². The fourth-order valence-electron chi connectivity index (χ4n) is 4.69. The van der Waals surface area contributed by atoms with Crippen LogP contribution in [0, 0.1) is 11.8 Å². The number of hydrogen-bond donors (Lipinski definition) is 0. The Bertz CT molecular complexity index is 735. The van der Waals surface area contributed by atoms with Crippen molar-refractivity contribution in [1.29, 1.82) is 0 Å². The lowest BCUT2D eigenvalue weighted by Crippen LogP contribution is -2.38. The molecule has 0 N–H and O–H groups in total. The minimum Gasteiger partial charge on any atom is -0.381 e. The van der Waals surface area contributed by atoms with Gasteiger partial charge in [-0.3, -0.25) is 0 Å². The molecule has 2 saturated heterocycles. The van der Waals surface area contributed by atoms with Crippen LogP contribution in [-0.2, 0) is 22.1 Å². The predicted octanol–water partition coefficient (Wildman–Crippen LogP) is 4.77. The van der Waals surface area contributed by atoms with E-state index in [0.717, 1.165) is 70.6 Å². The minimum atomic E-state index is -4.24. The normalized spacial score (nSPS) is 20.1. The Balaban J connectivity index is 1.22. The van der Waals surface area contributed by atoms with Crippen LogP contribution in [-0.4, -0.2) is 69.8 Å². The van der Waals surface area contributed by atoms with Gasteiger partial charge in [0.2, 0.25) is 5.95 Å². The molecule has 1 unspecified atom stereocenters. The monoisotopic (exact) mass is 504 g/mol. The van der Waals surface area contributed by atoms with Crippen molar-refractivity contribution in [2.45, 2.75) is 70.9 Å². The van der Waals surface area contributed by atoms with Gasteiger partial charge in [0.1, 0.15) is 0 Å². The summed E-state index contributed by atoms with van der Waals surface area (Å²) < 4.78 is 56.5. The van der Waals surface area contributed by atoms with Gasteiger partial charge in [-0.15, -0.1) is 0 Å². The van der Waals surface area contributed by atoms with Gasteiger partial charge in [-0.05, 0) is 62.3 Å². The average Bonchev–Trinajstić information content (AvgIpc) is 2.83. The van der Waals surface area contributed by atoms with Gasteiger partial charge in [-0.1, -0.05) is 13.3 Å². The summed E-state index contributed by atoms with van der Waals surface area (Å²) in [6.45, 7) is 6.77. The lowest BCUT2D eigenvalue weighted by atomic mass is 9.92. The van der Waals surface area contributed by atoms with Gasteiger partial charge in [0.25, 0.3) is 0 Å². The van der Waals surface area contributed by atoms with Crippen molar-refractivity contribution in [1.82, 2.24) is 14.3 Å². The van der Waals surface area contributed by atoms with Crippen molar-refractivity contribution in [2.75, 3.05) is 50.0 Å². The van der Waals surface area contributed by atoms with E-state index in [1.54, 1.807) is 4.31 Å². The first-order valence-electron chi connectivity index (χ1n) is 12.7. The summed E-state index contributed by atoms with van der Waals surface area (Å²) in [7, 11) is -1.54. The molecule has 0 radical (unpaired) electrons. The van der Waals surface area contributed by atoms with Crippen LogP contribution in [0.1, 0.15) is 63.9 Å². The van der Waals surface area contributed by atoms with E-state index in [1.165, 1.54) is 12.0 Å². The van der Waals surface area contributed by atoms with Crippen LogP contribution in [0.5, 0.6) is 0 Å². The summed E-state index contributed by atoms with van der Waals surface area (Å²) in [4.78, 5) is 11.4. The molecule has 10 heteroatoms. The minimum absolute atomic E-state index is 0.331. The smallest absolute Gasteiger partial charge is 0.381 e. The Kier molecular flexibility index (Phi) is 11.0. The molecule has 1 aromatic heterocycles. The standard InChI is InChI=1S/C24H39F3N4O2S/c1-2-4-22-17-28-23(29-18-22)30-11-6-20(7-12-30)5-3-15-33-19-21-8-13-31(14-9-21)34(32)16-10-24(25,26)27/h17-18,20-21H,2-16,19H2,1H3. The van der Waals surface area contributed by atoms with E-state index in [1.807, 2.05) is 12.4 Å². The molecule has 1 aromatic rings. The van der Waals surface area contributed by atoms with Gasteiger partial charge in [-0.2, -0.15) is 13.2 Å². The van der Waals surface area contributed by atoms with E-state index >= 15 is 0 Å². The maximum Gasteiger partial charge on any atom is 0.390 e. The summed E-state index contributed by atoms with van der Waals surface area (Å²) >= 11 is 0. The van der Waals surface area contributed by atoms with Crippen LogP contribution >= 0.6 is 0 Å². The molecule has 2 aliphatic rings. The summed E-state index contributed by atoms with van der Waals surface area (Å²) in [5.74, 6) is 1.64. The average molecular weight is 505 g/mol. The van der Waals surface area contributed by atoms with Crippen molar-refractivity contribution in [3.63, 3.8) is 0 Å². The maximum atomic E-state index is 12.3. The summed E-state index contributed by atoms with van der Waals surface area (Å²) in [6.07, 6.45) is 7.00. The van der Waals surface area contributed by atoms with Crippen LogP contribution in [0.15, 0.2) is 12.4 Å². The third-order valence-corrected chi connectivity index (χ3v) is 8.30. The summed E-state index contributed by atoms with van der Waals surface area (Å²) in [6, 6.07) is 0. The molecule has 0 aromatic carbocycles. The van der Waals surface area contributed by atoms with Crippen molar-refractivity contribution in [2.24, 2.45) is 11.8 Å². The molecule has 0 bridgehead atoms. The Morgan fingerprint density at radius 2 is 1.71 bits per heavy atom. The first-order valence-corrected chi connectivity index (χ1v) is 14.0. The second-order valence-corrected chi connectivity index (χ2v) is 11.1. The molecule has 0 aliphatic carbocycles. The Morgan fingerprint density at radius 1 is 1.06 bits per heavy atom. The lowest BCUT2D eigenvalue weighted by Gasteiger charge is -2.32. The van der Waals surface area contributed by atoms with Gasteiger partial charge in [0.05, 0.1) is 17.4 Å². The molecule has 194 valence electrons. The zero-order chi connectivity index (χ0) is 24.4. The number of hydrogen-bond acceptors (Lipinski definition) is 5. The predicted molar refractivity (Wildman–Crippen MR) is 129 cm³/mol. The number of alkyl halides is 3. The molecular weight excluding hydrogens is 465 g/mol. The number of ether oxygens (including phenoxy) is 1. The van der Waals surface area contributed by atoms with E-state index in [2.05, 4.69) is 21.8 Å². The highest BCUT2D eigenvalue weighted by Gasteiger charge is 2.30. The van der Waals surface area contributed by atoms with Gasteiger partial charge < -0.3 is 9.64 Å². The summed E-state index contributed by atoms with van der Waals surface area (Å²) in [5, 5.41) is 0. The van der Waals surface area contributed by atoms with E-state index in [-0.39, 0.29) is 5.75 Å². The second-order valence-electron chi connectivity index (χ2n) is 9.55. The van der Waals surface area contributed by atoms with Crippen LogP contribution < -0.4 is 4.90 Å². The van der Waals surface area contributed by atoms with Crippen molar-refractivity contribution < 1.29 is 22.1 Å². The first-order chi connectivity index (χ1) is 16.3. The number of anilines is 1. The van der Waals surface area contributed by atoms with Crippen molar-refractivity contribution in [3.05, 3.63) is 18.0 Å². The molecule has 2 aliphatic heterocycles. The van der Waals surface area contributed by atoms with Gasteiger partial charge in [0.15, 0.2) is 0 Å². The van der Waals surface area contributed by atoms with Gasteiger partial charge in [-0.25, -0.2) is 18.5 Å². The molecule has 1 atom stereocenters. The molecule has 0 saturated carbocycles. The number of halogens is 3. The maximum absolute atomic E-state index is 12.3. The van der Waals surface area contributed by atoms with Crippen LogP contribution in [0.4, 0.5) is 19.1 Å². The molecular formula is C24H39F3N4O2S. The molecule has 34 heavy (non-hydrogen) atoms. The largest absolute Gasteiger partial charge is 0.390 e. The van der Waals surface area contributed by atoms with Crippen molar-refractivity contribution >= 4 is 16.9 Å². The van der Waals surface area contributed by atoms with Crippen LogP contribution in [0.3, 0.4) is 0 Å². The van der Waals surface area contributed by atoms with Gasteiger partial charge in [0, 0.05) is 57.5 Å². The summed E-state index contributed by atoms with van der Waals surface area (Å²) in [5.41, 5.74) is 1.20. The zero-order valence-corrected chi connectivity index (χ0v) is 21.1. The number of piperidine rings is 2. The molecule has 3 rings (SSSR count). The second kappa shape index (κ2) is 13.7. The van der Waals surface area contributed by atoms with Crippen molar-refractivity contribution in [3.8, 4) is 0 Å². The van der Waals surface area contributed by atoms with Crippen LogP contribution in [0.2, 0.25) is 0 Å². The topological polar surface area (TPSA) is 58.6 Å². The molecule has 2 fully saturated rings. The Labute approximate surface area is 204 Å². The SMILES string of the molecule is CCCc1cnc(N2CCC(CCCOCC3CCN(S(=O)CCC(F)(F)F)CC3)CC2)nc1. The zero-order valence-electron chi connectivity index (χ0n) is 20.3. The lowest BCUT2D eigenvalue weighted by molar-refractivity contribution is -0.129. The third kappa shape index (κ3) is 9.41. The highest BCUT2D eigenvalue weighted by Crippen LogP contribution is 2.25. The fraction of sp³-hybridized carbons (Fsp3) is 0.833. The van der Waals surface area contributed by atoms with E-state index < -0.39 is 23.6 Å². The number of aryl methyl sites for hydroxylation is 1. The Morgan fingerprint density at radius 3 is 2.32 bits per heavy atom. The molecule has 3 heterocycles. The number of nitrogens with zero attached hydrogens (tertiary/aromatic N) is 4. The highest BCUT2D eigenvalue weighted by molar-refractivity contribution is 7.82. The van der Waals surface area contributed by atoms with Crippen LogP contribution in [0.25, 0.3) is 0 Å². The number of rotatable bonds is 12. The molecule has 6 nitrogen and oxygen atoms in total. The number of aromatic nitrogens is 2. The molecule has 0 amide bonds. The van der Waals surface area contributed by atoms with E-state index in [0.29, 0.717) is 31.5 Å². The Hall–Kier alpha value is -1.26. The van der Waals surface area contributed by atoms with E-state index in [9.17, 15) is 17.4 Å². The van der Waals surface area contributed by atoms with E-state index in [4.69, 9.17) is 4.74 Å². The highest BCUT2D eigenvalue weighted by atomic mass is 32.2. The first kappa shape index (κ1) is 27.3.